The number of amides is 1. The molecule has 1 saturated heterocycles. The number of carbonyl (C=O) groups is 1. The van der Waals surface area contributed by atoms with E-state index in [1.807, 2.05) is 18.4 Å². The van der Waals surface area contributed by atoms with Crippen LogP contribution in [0.2, 0.25) is 0 Å². The lowest BCUT2D eigenvalue weighted by atomic mass is 10.1. The molecule has 0 aliphatic carbocycles. The maximum absolute atomic E-state index is 12.9. The Labute approximate surface area is 191 Å². The Morgan fingerprint density at radius 3 is 2.53 bits per heavy atom. The van der Waals surface area contributed by atoms with Crippen molar-refractivity contribution in [2.24, 2.45) is 4.99 Å². The minimum Gasteiger partial charge on any atom is -0.379 e. The summed E-state index contributed by atoms with van der Waals surface area (Å²) in [6, 6.07) is 10.1. The van der Waals surface area contributed by atoms with Crippen LogP contribution < -0.4 is 4.80 Å². The zero-order valence-electron chi connectivity index (χ0n) is 18.1. The Hall–Kier alpha value is -2.59. The van der Waals surface area contributed by atoms with Gasteiger partial charge in [-0.25, -0.2) is 8.42 Å². The van der Waals surface area contributed by atoms with Crippen LogP contribution in [0.1, 0.15) is 21.5 Å². The van der Waals surface area contributed by atoms with Gasteiger partial charge in [0.2, 0.25) is 10.0 Å². The van der Waals surface area contributed by atoms with Crippen molar-refractivity contribution in [1.29, 1.82) is 0 Å². The van der Waals surface area contributed by atoms with Gasteiger partial charge in [0.15, 0.2) is 4.80 Å². The van der Waals surface area contributed by atoms with Crippen LogP contribution in [0.5, 0.6) is 0 Å². The van der Waals surface area contributed by atoms with E-state index in [4.69, 9.17) is 4.74 Å². The lowest BCUT2D eigenvalue weighted by Gasteiger charge is -2.26. The van der Waals surface area contributed by atoms with Crippen LogP contribution >= 0.6 is 11.3 Å². The zero-order chi connectivity index (χ0) is 22.9. The van der Waals surface area contributed by atoms with Gasteiger partial charge in [0.05, 0.1) is 28.3 Å². The monoisotopic (exact) mass is 471 g/mol. The smallest absolute Gasteiger partial charge is 0.279 e. The van der Waals surface area contributed by atoms with Crippen LogP contribution in [0.15, 0.2) is 58.9 Å². The molecule has 1 fully saturated rings. The fourth-order valence-electron chi connectivity index (χ4n) is 3.83. The topological polar surface area (TPSA) is 81.0 Å². The molecule has 1 amide bonds. The van der Waals surface area contributed by atoms with Crippen molar-refractivity contribution in [3.8, 4) is 0 Å². The van der Waals surface area contributed by atoms with Gasteiger partial charge < -0.3 is 9.30 Å². The fourth-order valence-corrected chi connectivity index (χ4v) is 6.45. The fraction of sp³-hybridized carbons (Fsp3) is 0.304. The molecule has 0 atom stereocenters. The minimum atomic E-state index is -3.61. The summed E-state index contributed by atoms with van der Waals surface area (Å²) in [6.07, 6.45) is 1.78. The van der Waals surface area contributed by atoms with Gasteiger partial charge in [-0.15, -0.1) is 6.58 Å². The van der Waals surface area contributed by atoms with E-state index >= 15 is 0 Å². The number of hydrogen-bond acceptors (Lipinski definition) is 5. The molecule has 0 spiro atoms. The van der Waals surface area contributed by atoms with Crippen LogP contribution in [0.3, 0.4) is 0 Å². The van der Waals surface area contributed by atoms with Gasteiger partial charge in [-0.2, -0.15) is 9.30 Å². The Bertz CT molecular complexity index is 1350. The van der Waals surface area contributed by atoms with Crippen molar-refractivity contribution in [2.45, 2.75) is 25.3 Å². The van der Waals surface area contributed by atoms with Crippen molar-refractivity contribution < 1.29 is 17.9 Å². The number of rotatable bonds is 5. The molecular weight excluding hydrogens is 446 g/mol. The van der Waals surface area contributed by atoms with E-state index in [-0.39, 0.29) is 4.90 Å². The number of ether oxygens (including phenoxy) is 1. The first-order valence-corrected chi connectivity index (χ1v) is 12.6. The van der Waals surface area contributed by atoms with Crippen molar-refractivity contribution in [3.63, 3.8) is 0 Å². The highest BCUT2D eigenvalue weighted by Gasteiger charge is 2.26. The molecular formula is C23H25N3O4S2. The normalized spacial score (nSPS) is 15.9. The van der Waals surface area contributed by atoms with Gasteiger partial charge >= 0.3 is 0 Å². The van der Waals surface area contributed by atoms with Crippen LogP contribution in [-0.4, -0.2) is 49.5 Å². The second kappa shape index (κ2) is 9.11. The van der Waals surface area contributed by atoms with E-state index < -0.39 is 15.9 Å². The van der Waals surface area contributed by atoms with Crippen molar-refractivity contribution in [1.82, 2.24) is 8.87 Å². The number of aryl methyl sites for hydroxylation is 2. The number of morpholine rings is 1. The highest BCUT2D eigenvalue weighted by molar-refractivity contribution is 7.89. The molecule has 0 radical (unpaired) electrons. The van der Waals surface area contributed by atoms with Gasteiger partial charge in [-0.1, -0.05) is 23.5 Å². The van der Waals surface area contributed by atoms with Gasteiger partial charge in [0, 0.05) is 25.2 Å². The Balaban J connectivity index is 1.68. The molecule has 4 rings (SSSR count). The highest BCUT2D eigenvalue weighted by atomic mass is 32.2. The quantitative estimate of drug-likeness (QED) is 0.535. The Morgan fingerprint density at radius 1 is 1.19 bits per heavy atom. The molecule has 2 heterocycles. The highest BCUT2D eigenvalue weighted by Crippen LogP contribution is 2.23. The lowest BCUT2D eigenvalue weighted by molar-refractivity contribution is 0.0730. The molecule has 2 aromatic carbocycles. The second-order valence-corrected chi connectivity index (χ2v) is 10.6. The first-order chi connectivity index (χ1) is 15.3. The van der Waals surface area contributed by atoms with Gasteiger partial charge in [-0.3, -0.25) is 4.79 Å². The first kappa shape index (κ1) is 22.6. The Kier molecular flexibility index (Phi) is 6.43. The molecule has 168 valence electrons. The minimum absolute atomic E-state index is 0.158. The third-order valence-corrected chi connectivity index (χ3v) is 8.27. The summed E-state index contributed by atoms with van der Waals surface area (Å²) >= 11 is 1.45. The van der Waals surface area contributed by atoms with E-state index in [1.54, 1.807) is 6.08 Å². The van der Waals surface area contributed by atoms with Crippen LogP contribution in [-0.2, 0) is 21.3 Å². The summed E-state index contributed by atoms with van der Waals surface area (Å²) in [6.45, 7) is 9.86. The van der Waals surface area contributed by atoms with Crippen molar-refractivity contribution >= 4 is 37.5 Å². The molecule has 1 aliphatic heterocycles. The molecule has 1 aliphatic rings. The van der Waals surface area contributed by atoms with E-state index in [0.717, 1.165) is 21.3 Å². The molecule has 3 aromatic rings. The molecule has 1 aromatic heterocycles. The maximum atomic E-state index is 12.9. The van der Waals surface area contributed by atoms with Gasteiger partial charge in [0.1, 0.15) is 0 Å². The number of carbonyl (C=O) groups excluding carboxylic acids is 1. The van der Waals surface area contributed by atoms with Gasteiger partial charge in [0.25, 0.3) is 5.91 Å². The van der Waals surface area contributed by atoms with E-state index in [1.165, 1.54) is 39.9 Å². The van der Waals surface area contributed by atoms with Crippen LogP contribution in [0, 0.1) is 13.8 Å². The predicted octanol–water partition coefficient (Wildman–Crippen LogP) is 3.27. The number of allylic oxidation sites excluding steroid dienone is 1. The molecule has 0 bridgehead atoms. The average Bonchev–Trinajstić information content (AvgIpc) is 3.11. The number of fused-ring (bicyclic) bond motifs is 1. The third kappa shape index (κ3) is 4.33. The number of aromatic nitrogens is 1. The van der Waals surface area contributed by atoms with Crippen LogP contribution in [0.4, 0.5) is 0 Å². The standard InChI is InChI=1S/C23H25N3O4S2/c1-4-9-26-21-17(3)14-16(2)15-20(21)31-23(26)24-22(27)18-5-7-19(8-6-18)32(28,29)25-10-12-30-13-11-25/h4-8,14-15H,1,9-13H2,2-3H3. The van der Waals surface area contributed by atoms with Crippen LogP contribution in [0.25, 0.3) is 10.2 Å². The third-order valence-electron chi connectivity index (χ3n) is 5.33. The zero-order valence-corrected chi connectivity index (χ0v) is 19.7. The molecule has 9 heteroatoms. The molecule has 7 nitrogen and oxygen atoms in total. The SMILES string of the molecule is C=CCn1c(=NC(=O)c2ccc(S(=O)(=O)N3CCOCC3)cc2)sc2cc(C)cc(C)c21. The number of benzene rings is 2. The average molecular weight is 472 g/mol. The maximum Gasteiger partial charge on any atom is 0.279 e. The van der Waals surface area contributed by atoms with Crippen molar-refractivity contribution in [2.75, 3.05) is 26.3 Å². The van der Waals surface area contributed by atoms with Crippen molar-refractivity contribution in [3.05, 3.63) is 70.5 Å². The van der Waals surface area contributed by atoms with Gasteiger partial charge in [-0.05, 0) is 55.3 Å². The first-order valence-electron chi connectivity index (χ1n) is 10.3. The predicted molar refractivity (Wildman–Crippen MR) is 125 cm³/mol. The number of nitrogens with zero attached hydrogens (tertiary/aromatic N) is 3. The molecule has 0 saturated carbocycles. The summed E-state index contributed by atoms with van der Waals surface area (Å²) in [5.41, 5.74) is 3.64. The summed E-state index contributed by atoms with van der Waals surface area (Å²) in [5, 5.41) is 0. The second-order valence-electron chi connectivity index (χ2n) is 7.67. The summed E-state index contributed by atoms with van der Waals surface area (Å²) in [7, 11) is -3.61. The molecule has 32 heavy (non-hydrogen) atoms. The summed E-state index contributed by atoms with van der Waals surface area (Å²) in [5.74, 6) is -0.418. The molecule has 0 N–H and O–H groups in total. The summed E-state index contributed by atoms with van der Waals surface area (Å²) in [4.78, 5) is 18.0. The van der Waals surface area contributed by atoms with E-state index in [9.17, 15) is 13.2 Å². The number of thiazole rings is 1. The lowest BCUT2D eigenvalue weighted by Crippen LogP contribution is -2.40. The summed E-state index contributed by atoms with van der Waals surface area (Å²) < 4.78 is 35.2. The van der Waals surface area contributed by atoms with E-state index in [2.05, 4.69) is 23.7 Å². The van der Waals surface area contributed by atoms with E-state index in [0.29, 0.717) is 43.2 Å². The number of sulfonamides is 1. The molecule has 0 unspecified atom stereocenters. The Morgan fingerprint density at radius 2 is 1.88 bits per heavy atom. The largest absolute Gasteiger partial charge is 0.379 e. The number of hydrogen-bond donors (Lipinski definition) is 0.